The number of pyridine rings is 1. The summed E-state index contributed by atoms with van der Waals surface area (Å²) in [5, 5.41) is 2.02. The lowest BCUT2D eigenvalue weighted by molar-refractivity contribution is 0.658. The molecule has 0 unspecified atom stereocenters. The van der Waals surface area contributed by atoms with Crippen LogP contribution in [0.2, 0.25) is 0 Å². The molecule has 0 atom stereocenters. The van der Waals surface area contributed by atoms with Gasteiger partial charge in [-0.05, 0) is 36.8 Å². The summed E-state index contributed by atoms with van der Waals surface area (Å²) in [5.74, 6) is 0. The van der Waals surface area contributed by atoms with Crippen LogP contribution in [-0.2, 0) is 19.4 Å². The van der Waals surface area contributed by atoms with Gasteiger partial charge in [0.2, 0.25) is 0 Å². The minimum Gasteiger partial charge on any atom is -0.312 e. The highest BCUT2D eigenvalue weighted by molar-refractivity contribution is 5.85. The van der Waals surface area contributed by atoms with E-state index in [-0.39, 0.29) is 5.56 Å². The molecule has 0 aliphatic heterocycles. The van der Waals surface area contributed by atoms with Crippen LogP contribution in [0.3, 0.4) is 0 Å². The summed E-state index contributed by atoms with van der Waals surface area (Å²) in [6.07, 6.45) is 4.23. The first kappa shape index (κ1) is 13.9. The van der Waals surface area contributed by atoms with Crippen molar-refractivity contribution in [2.24, 2.45) is 0 Å². The number of hydrogen-bond acceptors (Lipinski definition) is 1. The number of rotatable bonds is 5. The SMILES string of the molecule is CCCc1c(CCC)n(CC)c(=O)c2ccccc12. The van der Waals surface area contributed by atoms with Crippen molar-refractivity contribution in [3.63, 3.8) is 0 Å². The summed E-state index contributed by atoms with van der Waals surface area (Å²) in [5.41, 5.74) is 2.79. The minimum absolute atomic E-state index is 0.168. The second-order valence-electron chi connectivity index (χ2n) is 5.02. The Morgan fingerprint density at radius 1 is 0.947 bits per heavy atom. The molecule has 0 saturated carbocycles. The zero-order valence-electron chi connectivity index (χ0n) is 12.2. The van der Waals surface area contributed by atoms with E-state index in [0.717, 1.165) is 43.0 Å². The summed E-state index contributed by atoms with van der Waals surface area (Å²) in [6, 6.07) is 8.05. The van der Waals surface area contributed by atoms with Gasteiger partial charge in [-0.25, -0.2) is 0 Å². The lowest BCUT2D eigenvalue weighted by Crippen LogP contribution is -2.25. The summed E-state index contributed by atoms with van der Waals surface area (Å²) in [7, 11) is 0. The van der Waals surface area contributed by atoms with Crippen molar-refractivity contribution >= 4 is 10.8 Å². The van der Waals surface area contributed by atoms with Gasteiger partial charge >= 0.3 is 0 Å². The highest BCUT2D eigenvalue weighted by Gasteiger charge is 2.14. The smallest absolute Gasteiger partial charge is 0.258 e. The maximum atomic E-state index is 12.6. The molecule has 0 aliphatic carbocycles. The average molecular weight is 257 g/mol. The molecule has 2 aromatic rings. The summed E-state index contributed by atoms with van der Waals surface area (Å²) in [6.45, 7) is 7.20. The molecule has 1 heterocycles. The quantitative estimate of drug-likeness (QED) is 0.795. The van der Waals surface area contributed by atoms with E-state index in [2.05, 4.69) is 26.8 Å². The Kier molecular flexibility index (Phi) is 4.41. The monoisotopic (exact) mass is 257 g/mol. The van der Waals surface area contributed by atoms with E-state index in [1.807, 2.05) is 22.8 Å². The normalized spacial score (nSPS) is 11.1. The number of aryl methyl sites for hydroxylation is 1. The number of nitrogens with zero attached hydrogens (tertiary/aromatic N) is 1. The molecule has 0 radical (unpaired) electrons. The maximum absolute atomic E-state index is 12.6. The molecular formula is C17H23NO. The molecule has 0 N–H and O–H groups in total. The fourth-order valence-electron chi connectivity index (χ4n) is 2.91. The fourth-order valence-corrected chi connectivity index (χ4v) is 2.91. The van der Waals surface area contributed by atoms with E-state index in [1.165, 1.54) is 11.3 Å². The van der Waals surface area contributed by atoms with E-state index >= 15 is 0 Å². The number of fused-ring (bicyclic) bond motifs is 1. The van der Waals surface area contributed by atoms with E-state index in [9.17, 15) is 4.79 Å². The van der Waals surface area contributed by atoms with Crippen LogP contribution in [0.25, 0.3) is 10.8 Å². The zero-order chi connectivity index (χ0) is 13.8. The molecular weight excluding hydrogens is 234 g/mol. The summed E-state index contributed by atoms with van der Waals surface area (Å²) in [4.78, 5) is 12.6. The summed E-state index contributed by atoms with van der Waals surface area (Å²) >= 11 is 0. The molecule has 0 bridgehead atoms. The van der Waals surface area contributed by atoms with Crippen LogP contribution in [0.5, 0.6) is 0 Å². The molecule has 19 heavy (non-hydrogen) atoms. The van der Waals surface area contributed by atoms with Crippen LogP contribution in [-0.4, -0.2) is 4.57 Å². The highest BCUT2D eigenvalue weighted by atomic mass is 16.1. The molecule has 0 saturated heterocycles. The predicted molar refractivity (Wildman–Crippen MR) is 81.9 cm³/mol. The largest absolute Gasteiger partial charge is 0.312 e. The number of hydrogen-bond donors (Lipinski definition) is 0. The van der Waals surface area contributed by atoms with Crippen molar-refractivity contribution in [2.45, 2.75) is 53.0 Å². The summed E-state index contributed by atoms with van der Waals surface area (Å²) < 4.78 is 1.97. The van der Waals surface area contributed by atoms with Crippen LogP contribution >= 0.6 is 0 Å². The van der Waals surface area contributed by atoms with Gasteiger partial charge in [-0.2, -0.15) is 0 Å². The van der Waals surface area contributed by atoms with E-state index in [4.69, 9.17) is 0 Å². The maximum Gasteiger partial charge on any atom is 0.258 e. The van der Waals surface area contributed by atoms with Gasteiger partial charge in [-0.1, -0.05) is 44.9 Å². The average Bonchev–Trinajstić information content (AvgIpc) is 2.44. The molecule has 1 aromatic carbocycles. The van der Waals surface area contributed by atoms with Crippen molar-refractivity contribution in [1.82, 2.24) is 4.57 Å². The second-order valence-corrected chi connectivity index (χ2v) is 5.02. The molecule has 0 amide bonds. The third-order valence-electron chi connectivity index (χ3n) is 3.70. The first-order valence-corrected chi connectivity index (χ1v) is 7.37. The predicted octanol–water partition coefficient (Wildman–Crippen LogP) is 3.93. The third-order valence-corrected chi connectivity index (χ3v) is 3.70. The van der Waals surface area contributed by atoms with Crippen LogP contribution in [0.4, 0.5) is 0 Å². The van der Waals surface area contributed by atoms with Crippen molar-refractivity contribution in [2.75, 3.05) is 0 Å². The topological polar surface area (TPSA) is 22.0 Å². The van der Waals surface area contributed by atoms with Gasteiger partial charge in [0.25, 0.3) is 5.56 Å². The van der Waals surface area contributed by atoms with Gasteiger partial charge in [0.15, 0.2) is 0 Å². The Morgan fingerprint density at radius 2 is 1.58 bits per heavy atom. The number of aromatic nitrogens is 1. The lowest BCUT2D eigenvalue weighted by atomic mass is 9.97. The van der Waals surface area contributed by atoms with E-state index < -0.39 is 0 Å². The fraction of sp³-hybridized carbons (Fsp3) is 0.471. The standard InChI is InChI=1S/C17H23NO/c1-4-9-14-13-11-7-8-12-15(13)17(19)18(6-3)16(14)10-5-2/h7-8,11-12H,4-6,9-10H2,1-3H3. The first-order valence-electron chi connectivity index (χ1n) is 7.37. The van der Waals surface area contributed by atoms with Crippen molar-refractivity contribution in [1.29, 1.82) is 0 Å². The molecule has 2 nitrogen and oxygen atoms in total. The lowest BCUT2D eigenvalue weighted by Gasteiger charge is -2.18. The van der Waals surface area contributed by atoms with Gasteiger partial charge in [-0.3, -0.25) is 4.79 Å². The van der Waals surface area contributed by atoms with Gasteiger partial charge in [0.05, 0.1) is 0 Å². The molecule has 1 aromatic heterocycles. The Balaban J connectivity index is 2.86. The molecule has 2 heteroatoms. The van der Waals surface area contributed by atoms with Crippen LogP contribution < -0.4 is 5.56 Å². The number of benzene rings is 1. The molecule has 102 valence electrons. The Bertz CT molecular complexity index is 625. The van der Waals surface area contributed by atoms with Gasteiger partial charge in [-0.15, -0.1) is 0 Å². The molecule has 0 spiro atoms. The third kappa shape index (κ3) is 2.44. The van der Waals surface area contributed by atoms with Crippen LogP contribution in [0, 0.1) is 0 Å². The first-order chi connectivity index (χ1) is 9.24. The van der Waals surface area contributed by atoms with Crippen molar-refractivity contribution in [3.05, 3.63) is 45.9 Å². The van der Waals surface area contributed by atoms with Gasteiger partial charge in [0.1, 0.15) is 0 Å². The van der Waals surface area contributed by atoms with Crippen molar-refractivity contribution in [3.8, 4) is 0 Å². The Labute approximate surface area is 115 Å². The molecule has 0 fully saturated rings. The highest BCUT2D eigenvalue weighted by Crippen LogP contribution is 2.22. The van der Waals surface area contributed by atoms with Crippen LogP contribution in [0.1, 0.15) is 44.9 Å². The zero-order valence-corrected chi connectivity index (χ0v) is 12.2. The van der Waals surface area contributed by atoms with E-state index in [1.54, 1.807) is 0 Å². The second kappa shape index (κ2) is 6.05. The van der Waals surface area contributed by atoms with Gasteiger partial charge in [0, 0.05) is 17.6 Å². The Morgan fingerprint density at radius 3 is 2.16 bits per heavy atom. The van der Waals surface area contributed by atoms with Gasteiger partial charge < -0.3 is 4.57 Å². The van der Waals surface area contributed by atoms with E-state index in [0.29, 0.717) is 0 Å². The molecule has 2 rings (SSSR count). The molecule has 0 aliphatic rings. The Hall–Kier alpha value is -1.57. The van der Waals surface area contributed by atoms with Crippen molar-refractivity contribution < 1.29 is 0 Å². The van der Waals surface area contributed by atoms with Crippen LogP contribution in [0.15, 0.2) is 29.1 Å². The minimum atomic E-state index is 0.168.